The van der Waals surface area contributed by atoms with Gasteiger partial charge in [-0.2, -0.15) is 0 Å². The topological polar surface area (TPSA) is 58.4 Å². The number of aromatic nitrogens is 2. The third kappa shape index (κ3) is 2.63. The van der Waals surface area contributed by atoms with Crippen molar-refractivity contribution in [2.24, 2.45) is 0 Å². The van der Waals surface area contributed by atoms with Crippen molar-refractivity contribution in [3.8, 4) is 0 Å². The number of rotatable bonds is 5. The van der Waals surface area contributed by atoms with E-state index in [4.69, 9.17) is 0 Å². The number of hydrogen-bond donors (Lipinski definition) is 1. The van der Waals surface area contributed by atoms with Crippen LogP contribution in [-0.4, -0.2) is 33.2 Å². The molecule has 5 heteroatoms. The van der Waals surface area contributed by atoms with Crippen molar-refractivity contribution in [1.82, 2.24) is 9.55 Å². The summed E-state index contributed by atoms with van der Waals surface area (Å²) in [6.07, 6.45) is 6.54. The molecule has 2 heterocycles. The molecule has 1 N–H and O–H groups in total. The van der Waals surface area contributed by atoms with Gasteiger partial charge in [0.25, 0.3) is 0 Å². The zero-order valence-electron chi connectivity index (χ0n) is 12.0. The molecule has 110 valence electrons. The second-order valence-corrected chi connectivity index (χ2v) is 5.51. The molecule has 3 rings (SSSR count). The van der Waals surface area contributed by atoms with Gasteiger partial charge in [0, 0.05) is 37.1 Å². The fraction of sp³-hybridized carbons (Fsp3) is 0.375. The molecule has 0 spiro atoms. The predicted molar refractivity (Wildman–Crippen MR) is 80.5 cm³/mol. The zero-order chi connectivity index (χ0) is 14.8. The van der Waals surface area contributed by atoms with E-state index >= 15 is 0 Å². The summed E-state index contributed by atoms with van der Waals surface area (Å²) in [7, 11) is 0. The van der Waals surface area contributed by atoms with Crippen LogP contribution in [0.2, 0.25) is 0 Å². The Hall–Kier alpha value is -2.30. The maximum Gasteiger partial charge on any atom is 0.326 e. The third-order valence-corrected chi connectivity index (χ3v) is 4.22. The largest absolute Gasteiger partial charge is 0.480 e. The van der Waals surface area contributed by atoms with Gasteiger partial charge in [0.05, 0.1) is 6.33 Å². The average molecular weight is 285 g/mol. The van der Waals surface area contributed by atoms with Gasteiger partial charge in [0.15, 0.2) is 0 Å². The first-order chi connectivity index (χ1) is 10.2. The van der Waals surface area contributed by atoms with Crippen molar-refractivity contribution in [2.45, 2.75) is 31.8 Å². The molecule has 1 aromatic carbocycles. The summed E-state index contributed by atoms with van der Waals surface area (Å²) in [5, 5.41) is 9.28. The molecule has 0 radical (unpaired) electrons. The third-order valence-electron chi connectivity index (χ3n) is 4.22. The van der Waals surface area contributed by atoms with Gasteiger partial charge in [-0.05, 0) is 25.0 Å². The molecule has 0 saturated carbocycles. The second-order valence-electron chi connectivity index (χ2n) is 5.51. The number of benzene rings is 1. The lowest BCUT2D eigenvalue weighted by Gasteiger charge is -2.24. The number of aryl methyl sites for hydroxylation is 1. The highest BCUT2D eigenvalue weighted by molar-refractivity contribution is 5.79. The molecule has 2 unspecified atom stereocenters. The Balaban J connectivity index is 1.79. The molecule has 2 aromatic rings. The van der Waals surface area contributed by atoms with Gasteiger partial charge < -0.3 is 14.6 Å². The SMILES string of the molecule is CC(C(=O)O)N1CC(CCn2ccnc2)c2ccccc21. The minimum Gasteiger partial charge on any atom is -0.480 e. The van der Waals surface area contributed by atoms with Crippen LogP contribution in [0.3, 0.4) is 0 Å². The number of carbonyl (C=O) groups is 1. The molecule has 21 heavy (non-hydrogen) atoms. The molecule has 1 aromatic heterocycles. The Morgan fingerprint density at radius 2 is 2.29 bits per heavy atom. The van der Waals surface area contributed by atoms with Crippen molar-refractivity contribution < 1.29 is 9.90 Å². The lowest BCUT2D eigenvalue weighted by Crippen LogP contribution is -2.38. The Morgan fingerprint density at radius 3 is 3.00 bits per heavy atom. The Morgan fingerprint density at radius 1 is 1.48 bits per heavy atom. The Bertz CT molecular complexity index is 624. The summed E-state index contributed by atoms with van der Waals surface area (Å²) in [5.41, 5.74) is 2.31. The van der Waals surface area contributed by atoms with E-state index in [2.05, 4.69) is 15.6 Å². The number of nitrogens with zero attached hydrogens (tertiary/aromatic N) is 3. The van der Waals surface area contributed by atoms with E-state index in [-0.39, 0.29) is 0 Å². The zero-order valence-corrected chi connectivity index (χ0v) is 12.0. The normalized spacial score (nSPS) is 18.5. The van der Waals surface area contributed by atoms with Crippen LogP contribution in [0, 0.1) is 0 Å². The average Bonchev–Trinajstić information content (AvgIpc) is 3.12. The van der Waals surface area contributed by atoms with Gasteiger partial charge in [-0.15, -0.1) is 0 Å². The quantitative estimate of drug-likeness (QED) is 0.916. The predicted octanol–water partition coefficient (Wildman–Crippen LogP) is 2.35. The fourth-order valence-corrected chi connectivity index (χ4v) is 3.00. The fourth-order valence-electron chi connectivity index (χ4n) is 3.00. The van der Waals surface area contributed by atoms with E-state index < -0.39 is 12.0 Å². The van der Waals surface area contributed by atoms with Gasteiger partial charge in [0.1, 0.15) is 6.04 Å². The van der Waals surface area contributed by atoms with E-state index in [1.165, 1.54) is 5.56 Å². The van der Waals surface area contributed by atoms with Gasteiger partial charge in [-0.3, -0.25) is 0 Å². The highest BCUT2D eigenvalue weighted by atomic mass is 16.4. The van der Waals surface area contributed by atoms with Gasteiger partial charge >= 0.3 is 5.97 Å². The van der Waals surface area contributed by atoms with Crippen LogP contribution in [-0.2, 0) is 11.3 Å². The molecular formula is C16H19N3O2. The molecular weight excluding hydrogens is 266 g/mol. The maximum atomic E-state index is 11.3. The first-order valence-corrected chi connectivity index (χ1v) is 7.21. The molecule has 0 bridgehead atoms. The van der Waals surface area contributed by atoms with Crippen molar-refractivity contribution in [1.29, 1.82) is 0 Å². The highest BCUT2D eigenvalue weighted by Crippen LogP contribution is 2.39. The number of anilines is 1. The Labute approximate surface area is 123 Å². The van der Waals surface area contributed by atoms with Crippen molar-refractivity contribution in [3.63, 3.8) is 0 Å². The van der Waals surface area contributed by atoms with Crippen LogP contribution in [0.4, 0.5) is 5.69 Å². The summed E-state index contributed by atoms with van der Waals surface area (Å²) in [5.74, 6) is -0.412. The van der Waals surface area contributed by atoms with Crippen molar-refractivity contribution >= 4 is 11.7 Å². The monoisotopic (exact) mass is 285 g/mol. The molecule has 5 nitrogen and oxygen atoms in total. The molecule has 0 saturated heterocycles. The number of hydrogen-bond acceptors (Lipinski definition) is 3. The summed E-state index contributed by atoms with van der Waals surface area (Å²) in [4.78, 5) is 17.3. The van der Waals surface area contributed by atoms with Crippen LogP contribution in [0.15, 0.2) is 43.0 Å². The smallest absolute Gasteiger partial charge is 0.326 e. The maximum absolute atomic E-state index is 11.3. The standard InChI is InChI=1S/C16H19N3O2/c1-12(16(20)21)19-10-13(6-8-18-9-7-17-11-18)14-4-2-3-5-15(14)19/h2-5,7,9,11-13H,6,8,10H2,1H3,(H,20,21). The molecule has 0 fully saturated rings. The summed E-state index contributed by atoms with van der Waals surface area (Å²) < 4.78 is 2.06. The van der Waals surface area contributed by atoms with E-state index in [0.29, 0.717) is 5.92 Å². The van der Waals surface area contributed by atoms with Crippen LogP contribution in [0.1, 0.15) is 24.8 Å². The summed E-state index contributed by atoms with van der Waals surface area (Å²) >= 11 is 0. The number of aliphatic carboxylic acids is 1. The molecule has 1 aliphatic heterocycles. The van der Waals surface area contributed by atoms with Crippen LogP contribution >= 0.6 is 0 Å². The highest BCUT2D eigenvalue weighted by Gasteiger charge is 2.33. The van der Waals surface area contributed by atoms with Crippen LogP contribution in [0.5, 0.6) is 0 Å². The number of carboxylic acid groups (broad SMARTS) is 1. The summed E-state index contributed by atoms with van der Waals surface area (Å²) in [6, 6.07) is 7.63. The van der Waals surface area contributed by atoms with Crippen molar-refractivity contribution in [2.75, 3.05) is 11.4 Å². The number of fused-ring (bicyclic) bond motifs is 1. The number of imidazole rings is 1. The minimum atomic E-state index is -0.778. The van der Waals surface area contributed by atoms with E-state index in [1.54, 1.807) is 13.1 Å². The lowest BCUT2D eigenvalue weighted by molar-refractivity contribution is -0.138. The second kappa shape index (κ2) is 5.60. The van der Waals surface area contributed by atoms with E-state index in [0.717, 1.165) is 25.2 Å². The first-order valence-electron chi connectivity index (χ1n) is 7.21. The molecule has 0 aliphatic carbocycles. The van der Waals surface area contributed by atoms with Gasteiger partial charge in [0.2, 0.25) is 0 Å². The molecule has 0 amide bonds. The van der Waals surface area contributed by atoms with E-state index in [9.17, 15) is 9.90 Å². The minimum absolute atomic E-state index is 0.366. The number of carboxylic acids is 1. The van der Waals surface area contributed by atoms with Gasteiger partial charge in [-0.25, -0.2) is 9.78 Å². The molecule has 2 atom stereocenters. The van der Waals surface area contributed by atoms with Crippen molar-refractivity contribution in [3.05, 3.63) is 48.5 Å². The first kappa shape index (κ1) is 13.7. The van der Waals surface area contributed by atoms with Crippen LogP contribution < -0.4 is 4.90 Å². The van der Waals surface area contributed by atoms with Gasteiger partial charge in [-0.1, -0.05) is 18.2 Å². The number of para-hydroxylation sites is 1. The summed E-state index contributed by atoms with van der Waals surface area (Å²) in [6.45, 7) is 3.41. The molecule has 1 aliphatic rings. The Kier molecular flexibility index (Phi) is 3.64. The van der Waals surface area contributed by atoms with E-state index in [1.807, 2.05) is 35.6 Å². The lowest BCUT2D eigenvalue weighted by atomic mass is 9.98. The van der Waals surface area contributed by atoms with Crippen LogP contribution in [0.25, 0.3) is 0 Å².